The van der Waals surface area contributed by atoms with Gasteiger partial charge in [0.15, 0.2) is 0 Å². The molecule has 2 heterocycles. The maximum atomic E-state index is 13.3. The second-order valence-electron chi connectivity index (χ2n) is 10.9. The molecule has 4 rings (SSSR count). The predicted octanol–water partition coefficient (Wildman–Crippen LogP) is 3.26. The molecule has 4 aliphatic rings. The maximum absolute atomic E-state index is 13.3. The van der Waals surface area contributed by atoms with Crippen LogP contribution in [-0.4, -0.2) is 84.4 Å². The summed E-state index contributed by atoms with van der Waals surface area (Å²) in [5.74, 6) is 1.35. The summed E-state index contributed by atoms with van der Waals surface area (Å²) in [6, 6.07) is 0.684. The number of carbonyl (C=O) groups is 2. The van der Waals surface area contributed by atoms with Crippen molar-refractivity contribution in [1.82, 2.24) is 20.0 Å². The van der Waals surface area contributed by atoms with Crippen LogP contribution in [0.3, 0.4) is 0 Å². The third kappa shape index (κ3) is 6.05. The molecule has 0 radical (unpaired) electrons. The van der Waals surface area contributed by atoms with Crippen LogP contribution in [0.25, 0.3) is 0 Å². The highest BCUT2D eigenvalue weighted by Gasteiger charge is 2.38. The molecule has 2 saturated heterocycles. The largest absolute Gasteiger partial charge is 0.355 e. The number of nitrogens with zero attached hydrogens (tertiary/aromatic N) is 3. The van der Waals surface area contributed by atoms with Crippen molar-refractivity contribution in [2.75, 3.05) is 45.8 Å². The Labute approximate surface area is 195 Å². The third-order valence-electron chi connectivity index (χ3n) is 8.70. The number of piperidine rings is 1. The SMILES string of the molecule is CC1CCCCN1CCCNC(=O)C(C1CCCC1)N1CCN(C(=O)C2CCCC2)CC1. The van der Waals surface area contributed by atoms with Gasteiger partial charge in [-0.25, -0.2) is 0 Å². The lowest BCUT2D eigenvalue weighted by atomic mass is 9.94. The molecule has 2 unspecified atom stereocenters. The maximum Gasteiger partial charge on any atom is 0.237 e. The van der Waals surface area contributed by atoms with Crippen LogP contribution in [0.1, 0.15) is 84.0 Å². The second kappa shape index (κ2) is 11.8. The van der Waals surface area contributed by atoms with E-state index in [1.165, 1.54) is 64.3 Å². The highest BCUT2D eigenvalue weighted by molar-refractivity contribution is 5.82. The molecule has 0 aromatic heterocycles. The quantitative estimate of drug-likeness (QED) is 0.582. The van der Waals surface area contributed by atoms with Gasteiger partial charge in [0, 0.05) is 51.2 Å². The summed E-state index contributed by atoms with van der Waals surface area (Å²) in [6.45, 7) is 8.70. The van der Waals surface area contributed by atoms with E-state index in [0.717, 1.165) is 58.5 Å². The summed E-state index contributed by atoms with van der Waals surface area (Å²) in [7, 11) is 0. The molecule has 0 bridgehead atoms. The lowest BCUT2D eigenvalue weighted by Crippen LogP contribution is -2.58. The smallest absolute Gasteiger partial charge is 0.237 e. The van der Waals surface area contributed by atoms with Gasteiger partial charge >= 0.3 is 0 Å². The van der Waals surface area contributed by atoms with Crippen molar-refractivity contribution in [2.45, 2.75) is 96.1 Å². The molecule has 0 aromatic carbocycles. The Morgan fingerprint density at radius 2 is 1.50 bits per heavy atom. The van der Waals surface area contributed by atoms with Gasteiger partial charge in [-0.15, -0.1) is 0 Å². The van der Waals surface area contributed by atoms with Gasteiger partial charge in [0.1, 0.15) is 0 Å². The lowest BCUT2D eigenvalue weighted by molar-refractivity contribution is -0.138. The van der Waals surface area contributed by atoms with E-state index < -0.39 is 0 Å². The zero-order valence-corrected chi connectivity index (χ0v) is 20.4. The lowest BCUT2D eigenvalue weighted by Gasteiger charge is -2.41. The van der Waals surface area contributed by atoms with Crippen LogP contribution >= 0.6 is 0 Å². The zero-order valence-electron chi connectivity index (χ0n) is 20.4. The number of carbonyl (C=O) groups excluding carboxylic acids is 2. The summed E-state index contributed by atoms with van der Waals surface area (Å²) in [5, 5.41) is 3.30. The molecule has 1 N–H and O–H groups in total. The van der Waals surface area contributed by atoms with E-state index in [-0.39, 0.29) is 17.9 Å². The van der Waals surface area contributed by atoms with Crippen molar-refractivity contribution >= 4 is 11.8 Å². The summed E-state index contributed by atoms with van der Waals surface area (Å²) in [4.78, 5) is 33.2. The van der Waals surface area contributed by atoms with Crippen molar-refractivity contribution < 1.29 is 9.59 Å². The van der Waals surface area contributed by atoms with Gasteiger partial charge in [0.2, 0.25) is 11.8 Å². The summed E-state index contributed by atoms with van der Waals surface area (Å²) in [6.07, 6.45) is 14.4. The number of nitrogens with one attached hydrogen (secondary N) is 1. The summed E-state index contributed by atoms with van der Waals surface area (Å²) in [5.41, 5.74) is 0. The number of hydrogen-bond acceptors (Lipinski definition) is 4. The zero-order chi connectivity index (χ0) is 22.3. The average molecular weight is 447 g/mol. The molecule has 2 aliphatic heterocycles. The van der Waals surface area contributed by atoms with Gasteiger partial charge in [-0.2, -0.15) is 0 Å². The Morgan fingerprint density at radius 1 is 0.844 bits per heavy atom. The van der Waals surface area contributed by atoms with E-state index >= 15 is 0 Å². The Kier molecular flexibility index (Phi) is 8.87. The van der Waals surface area contributed by atoms with E-state index in [9.17, 15) is 9.59 Å². The van der Waals surface area contributed by atoms with E-state index in [0.29, 0.717) is 17.9 Å². The second-order valence-corrected chi connectivity index (χ2v) is 10.9. The Morgan fingerprint density at radius 3 is 2.19 bits per heavy atom. The van der Waals surface area contributed by atoms with Crippen molar-refractivity contribution in [3.63, 3.8) is 0 Å². The minimum atomic E-state index is -0.00450. The normalized spacial score (nSPS) is 27.7. The Balaban J connectivity index is 1.25. The first-order valence-corrected chi connectivity index (χ1v) is 13.7. The molecule has 2 amide bonds. The van der Waals surface area contributed by atoms with Crippen molar-refractivity contribution in [1.29, 1.82) is 0 Å². The number of rotatable bonds is 8. The van der Waals surface area contributed by atoms with E-state index in [2.05, 4.69) is 26.9 Å². The fourth-order valence-electron chi connectivity index (χ4n) is 6.69. The van der Waals surface area contributed by atoms with E-state index in [1.807, 2.05) is 0 Å². The minimum absolute atomic E-state index is 0.00450. The molecule has 2 atom stereocenters. The highest BCUT2D eigenvalue weighted by atomic mass is 16.2. The van der Waals surface area contributed by atoms with Crippen LogP contribution in [0.2, 0.25) is 0 Å². The molecule has 6 nitrogen and oxygen atoms in total. The first-order chi connectivity index (χ1) is 15.6. The number of hydrogen-bond donors (Lipinski definition) is 1. The molecule has 6 heteroatoms. The molecular weight excluding hydrogens is 400 g/mol. The predicted molar refractivity (Wildman–Crippen MR) is 128 cm³/mol. The van der Waals surface area contributed by atoms with Crippen molar-refractivity contribution in [3.8, 4) is 0 Å². The fraction of sp³-hybridized carbons (Fsp3) is 0.923. The highest BCUT2D eigenvalue weighted by Crippen LogP contribution is 2.32. The summed E-state index contributed by atoms with van der Waals surface area (Å²) >= 11 is 0. The first kappa shape index (κ1) is 24.0. The third-order valence-corrected chi connectivity index (χ3v) is 8.70. The molecule has 0 spiro atoms. The minimum Gasteiger partial charge on any atom is -0.355 e. The van der Waals surface area contributed by atoms with Crippen LogP contribution in [-0.2, 0) is 9.59 Å². The first-order valence-electron chi connectivity index (χ1n) is 13.7. The average Bonchev–Trinajstić information content (AvgIpc) is 3.53. The molecule has 32 heavy (non-hydrogen) atoms. The summed E-state index contributed by atoms with van der Waals surface area (Å²) < 4.78 is 0. The standard InChI is InChI=1S/C26H46N4O2/c1-21-9-6-7-15-28(21)16-8-14-27-25(31)24(22-10-2-3-11-22)29-17-19-30(20-18-29)26(32)23-12-4-5-13-23/h21-24H,2-20H2,1H3,(H,27,31). The number of likely N-dealkylation sites (tertiary alicyclic amines) is 1. The van der Waals surface area contributed by atoms with Crippen LogP contribution in [0.15, 0.2) is 0 Å². The van der Waals surface area contributed by atoms with Gasteiger partial charge in [-0.05, 0) is 64.3 Å². The molecule has 0 aromatic rings. The van der Waals surface area contributed by atoms with Gasteiger partial charge < -0.3 is 15.1 Å². The van der Waals surface area contributed by atoms with Crippen LogP contribution < -0.4 is 5.32 Å². The number of piperazine rings is 1. The van der Waals surface area contributed by atoms with Crippen molar-refractivity contribution in [3.05, 3.63) is 0 Å². The molecule has 4 fully saturated rings. The molecule has 2 saturated carbocycles. The topological polar surface area (TPSA) is 55.9 Å². The fourth-order valence-corrected chi connectivity index (χ4v) is 6.69. The Bertz CT molecular complexity index is 607. The van der Waals surface area contributed by atoms with Gasteiger partial charge in [0.05, 0.1) is 6.04 Å². The van der Waals surface area contributed by atoms with Crippen LogP contribution in [0, 0.1) is 11.8 Å². The molecular formula is C26H46N4O2. The van der Waals surface area contributed by atoms with Crippen LogP contribution in [0.5, 0.6) is 0 Å². The van der Waals surface area contributed by atoms with E-state index in [4.69, 9.17) is 0 Å². The van der Waals surface area contributed by atoms with E-state index in [1.54, 1.807) is 0 Å². The van der Waals surface area contributed by atoms with Gasteiger partial charge in [-0.1, -0.05) is 32.1 Å². The monoisotopic (exact) mass is 446 g/mol. The molecule has 182 valence electrons. The van der Waals surface area contributed by atoms with Crippen LogP contribution in [0.4, 0.5) is 0 Å². The number of amides is 2. The van der Waals surface area contributed by atoms with Gasteiger partial charge in [-0.3, -0.25) is 14.5 Å². The Hall–Kier alpha value is -1.14. The van der Waals surface area contributed by atoms with Gasteiger partial charge in [0.25, 0.3) is 0 Å². The molecule has 2 aliphatic carbocycles. The van der Waals surface area contributed by atoms with Crippen molar-refractivity contribution in [2.24, 2.45) is 11.8 Å².